The summed E-state index contributed by atoms with van der Waals surface area (Å²) in [7, 11) is -3.42. The van der Waals surface area contributed by atoms with Gasteiger partial charge in [0.15, 0.2) is 12.5 Å². The molecule has 0 aromatic heterocycles. The molecule has 0 aliphatic heterocycles. The number of ether oxygens (including phenoxy) is 3. The molecule has 3 atom stereocenters. The maximum absolute atomic E-state index is 15.7. The highest BCUT2D eigenvalue weighted by molar-refractivity contribution is 6.39. The van der Waals surface area contributed by atoms with Crippen molar-refractivity contribution in [3.05, 3.63) is 123 Å². The number of alkyl halides is 24. The maximum Gasteiger partial charge on any atom is 0.864 e. The molecule has 83 heavy (non-hydrogen) atoms. The van der Waals surface area contributed by atoms with E-state index in [4.69, 9.17) is 28.2 Å². The summed E-state index contributed by atoms with van der Waals surface area (Å²) in [5, 5.41) is 0. The summed E-state index contributed by atoms with van der Waals surface area (Å²) in [6.45, 7) is 9.42. The van der Waals surface area contributed by atoms with Gasteiger partial charge in [-0.2, -0.15) is 124 Å². The Bertz CT molecular complexity index is 2530. The number of quaternary nitrogens is 1. The number of unbranched alkanes of at least 4 members (excludes halogenated alkanes) is 1. The Balaban J connectivity index is 0.00000112. The van der Waals surface area contributed by atoms with Gasteiger partial charge in [0, 0.05) is 20.8 Å². The van der Waals surface area contributed by atoms with Crippen LogP contribution in [-0.2, 0) is 69.3 Å². The van der Waals surface area contributed by atoms with Gasteiger partial charge in [-0.1, -0.05) is 45.2 Å². The average molecular weight is 1240 g/mol. The van der Waals surface area contributed by atoms with E-state index in [1.165, 1.54) is 20.8 Å². The van der Waals surface area contributed by atoms with E-state index in [1.54, 1.807) is 26.8 Å². The predicted octanol–water partition coefficient (Wildman–Crippen LogP) is 18.6. The Morgan fingerprint density at radius 1 is 0.422 bits per heavy atom. The van der Waals surface area contributed by atoms with Gasteiger partial charge in [-0.05, 0) is 74.2 Å². The number of benzene rings is 4. The lowest BCUT2D eigenvalue weighted by atomic mass is 9.89. The van der Waals surface area contributed by atoms with Gasteiger partial charge in [0.1, 0.15) is 17.2 Å². The first-order valence-electron chi connectivity index (χ1n) is 24.5. The molecule has 0 bridgehead atoms. The number of hydrogen-bond donors (Lipinski definition) is 0. The van der Waals surface area contributed by atoms with Gasteiger partial charge >= 0.3 is 56.7 Å². The van der Waals surface area contributed by atoms with Crippen LogP contribution in [0.3, 0.4) is 0 Å². The minimum atomic E-state index is -5.85. The van der Waals surface area contributed by atoms with Crippen molar-refractivity contribution in [3.63, 3.8) is 0 Å². The average Bonchev–Trinajstić information content (AvgIpc) is 1.71. The summed E-state index contributed by atoms with van der Waals surface area (Å²) in [6, 6.07) is 0.740. The number of rotatable bonds is 22. The molecule has 0 N–H and O–H groups in total. The zero-order valence-corrected chi connectivity index (χ0v) is 44.4. The van der Waals surface area contributed by atoms with Crippen molar-refractivity contribution in [2.24, 2.45) is 0 Å². The van der Waals surface area contributed by atoms with Crippen LogP contribution in [0.5, 0.6) is 17.2 Å². The first-order chi connectivity index (χ1) is 37.7. The fourth-order valence-corrected chi connectivity index (χ4v) is 8.29. The molecular weight excluding hydrogens is 1190 g/mol. The lowest BCUT2D eigenvalue weighted by Crippen LogP contribution is -2.72. The fraction of sp³-hybridized carbons (Fsp3) is 0.529. The molecular formula is C51H52BF24NO6. The molecule has 32 heteroatoms. The number of hydrogen-bond acceptors (Lipinski definition) is 6. The van der Waals surface area contributed by atoms with Crippen molar-refractivity contribution in [1.29, 1.82) is 0 Å². The second kappa shape index (κ2) is 27.3. The predicted molar refractivity (Wildman–Crippen MR) is 247 cm³/mol. The van der Waals surface area contributed by atoms with E-state index in [0.29, 0.717) is 31.4 Å². The summed E-state index contributed by atoms with van der Waals surface area (Å²) < 4.78 is 365. The highest BCUT2D eigenvalue weighted by Gasteiger charge is 2.62. The van der Waals surface area contributed by atoms with Crippen LogP contribution in [-0.4, -0.2) is 50.6 Å². The minimum absolute atomic E-state index is 0.00103. The first-order valence-corrected chi connectivity index (χ1v) is 24.5. The van der Waals surface area contributed by atoms with Crippen LogP contribution < -0.4 is 14.0 Å². The van der Waals surface area contributed by atoms with Crippen molar-refractivity contribution in [2.75, 3.05) is 26.4 Å². The Labute approximate surface area is 459 Å². The second-order valence-electron chi connectivity index (χ2n) is 18.3. The van der Waals surface area contributed by atoms with E-state index in [0.717, 1.165) is 6.92 Å². The van der Waals surface area contributed by atoms with Gasteiger partial charge in [0.2, 0.25) is 5.72 Å². The third-order valence-corrected chi connectivity index (χ3v) is 12.1. The van der Waals surface area contributed by atoms with Gasteiger partial charge < -0.3 is 28.2 Å². The van der Waals surface area contributed by atoms with Crippen LogP contribution in [0.25, 0.3) is 0 Å². The lowest BCUT2D eigenvalue weighted by Gasteiger charge is -2.56. The van der Waals surface area contributed by atoms with E-state index in [-0.39, 0.29) is 75.1 Å². The Morgan fingerprint density at radius 2 is 0.759 bits per heavy atom. The third-order valence-electron chi connectivity index (χ3n) is 12.1. The Hall–Kier alpha value is -5.50. The van der Waals surface area contributed by atoms with Gasteiger partial charge in [-0.15, -0.1) is 6.07 Å². The third kappa shape index (κ3) is 19.0. The standard InChI is InChI=1S/C43H49BF18NO6.C8H3F6/c1-8-12-13-63(25(5)64-14-9-2,26(6)65-15-10-3)37(7,66-16-11-4)36-34(43(60,61)62)23-31(42(57,58)59)24-35(36)69-44(67-32-19-27(38(45,46)47)17-28(20-32)39(48,49)50)68-33-21-29(40(51,52)53)18-30(22-33)41(54,55)56;9-7(10,11)5-2-1-3-6(4-5)8(12,13)14/h17-26H,8-16H2,1-7H3;2-4H/q+1;-1. The van der Waals surface area contributed by atoms with Gasteiger partial charge in [-0.3, -0.25) is 0 Å². The molecule has 0 heterocycles. The van der Waals surface area contributed by atoms with Crippen molar-refractivity contribution < 1.29 is 138 Å². The summed E-state index contributed by atoms with van der Waals surface area (Å²) in [5.74, 6) is -4.96. The lowest BCUT2D eigenvalue weighted by molar-refractivity contribution is -1.07. The summed E-state index contributed by atoms with van der Waals surface area (Å²) >= 11 is 0. The fourth-order valence-electron chi connectivity index (χ4n) is 8.29. The molecule has 7 nitrogen and oxygen atoms in total. The second-order valence-corrected chi connectivity index (χ2v) is 18.3. The van der Waals surface area contributed by atoms with Gasteiger partial charge in [0.25, 0.3) is 0 Å². The smallest absolute Gasteiger partial charge is 0.490 e. The Morgan fingerprint density at radius 3 is 1.07 bits per heavy atom. The molecule has 3 unspecified atom stereocenters. The molecule has 0 saturated carbocycles. The largest absolute Gasteiger partial charge is 0.864 e. The van der Waals surface area contributed by atoms with Crippen LogP contribution in [0.15, 0.2) is 66.7 Å². The molecule has 4 aromatic carbocycles. The monoisotopic (exact) mass is 1240 g/mol. The molecule has 0 fully saturated rings. The zero-order chi connectivity index (χ0) is 63.8. The Kier molecular flexibility index (Phi) is 23.6. The molecule has 0 amide bonds. The molecule has 0 aliphatic rings. The van der Waals surface area contributed by atoms with Crippen molar-refractivity contribution >= 4 is 7.32 Å². The highest BCUT2D eigenvalue weighted by atomic mass is 19.4. The van der Waals surface area contributed by atoms with Gasteiger partial charge in [-0.25, -0.2) is 4.48 Å². The van der Waals surface area contributed by atoms with Crippen molar-refractivity contribution in [3.8, 4) is 17.2 Å². The maximum atomic E-state index is 15.7. The molecule has 0 saturated heterocycles. The van der Waals surface area contributed by atoms with Crippen molar-refractivity contribution in [2.45, 2.75) is 148 Å². The highest BCUT2D eigenvalue weighted by Crippen LogP contribution is 2.53. The number of halogens is 24. The quantitative estimate of drug-likeness (QED) is 0.0257. The topological polar surface area (TPSA) is 55.4 Å². The van der Waals surface area contributed by atoms with Crippen LogP contribution in [0.4, 0.5) is 105 Å². The summed E-state index contributed by atoms with van der Waals surface area (Å²) in [5.41, 5.74) is -19.7. The van der Waals surface area contributed by atoms with E-state index in [1.807, 2.05) is 0 Å². The van der Waals surface area contributed by atoms with E-state index >= 15 is 13.2 Å². The number of nitrogens with zero attached hydrogens (tertiary/aromatic N) is 1. The molecule has 4 aromatic rings. The zero-order valence-electron chi connectivity index (χ0n) is 44.4. The molecule has 0 spiro atoms. The molecule has 0 aliphatic carbocycles. The SMILES string of the molecule is CCCC[N+](C(C)OCCC)(C(C)OCCC)C(C)(OCCC)c1c(OB(Oc2cc(C(F)(F)F)cc(C(F)(F)F)c2)Oc2cc(C(F)(F)F)cc(C(F)(F)F)c2)cc(C(F)(F)F)cc1C(F)(F)F.FC(F)(F)c1c[c-]cc(C(F)(F)F)c1. The normalized spacial score (nSPS) is 15.4. The summed E-state index contributed by atoms with van der Waals surface area (Å²) in [6.07, 6.45) is -45.3. The minimum Gasteiger partial charge on any atom is -0.490 e. The van der Waals surface area contributed by atoms with Crippen LogP contribution in [0, 0.1) is 6.07 Å². The van der Waals surface area contributed by atoms with E-state index in [9.17, 15) is 92.2 Å². The van der Waals surface area contributed by atoms with Crippen LogP contribution >= 0.6 is 0 Å². The van der Waals surface area contributed by atoms with Crippen molar-refractivity contribution in [1.82, 2.24) is 0 Å². The molecule has 4 rings (SSSR count). The van der Waals surface area contributed by atoms with E-state index < -0.39 is 165 Å². The first kappa shape index (κ1) is 71.8. The van der Waals surface area contributed by atoms with Crippen LogP contribution in [0.2, 0.25) is 0 Å². The molecule has 0 radical (unpaired) electrons. The van der Waals surface area contributed by atoms with Crippen LogP contribution in [0.1, 0.15) is 131 Å². The van der Waals surface area contributed by atoms with E-state index in [2.05, 4.69) is 0 Å². The summed E-state index contributed by atoms with van der Waals surface area (Å²) in [4.78, 5) is 0. The molecule has 468 valence electrons. The van der Waals surface area contributed by atoms with Gasteiger partial charge in [0.05, 0.1) is 65.3 Å².